The Morgan fingerprint density at radius 2 is 1.73 bits per heavy atom. The summed E-state index contributed by atoms with van der Waals surface area (Å²) in [5, 5.41) is 21.6. The van der Waals surface area contributed by atoms with Crippen LogP contribution in [0.25, 0.3) is 0 Å². The fraction of sp³-hybridized carbons (Fsp3) is 0.636. The number of nitrogens with two attached hydrogens (primary N) is 1. The number of rotatable bonds is 16. The van der Waals surface area contributed by atoms with E-state index in [1.54, 1.807) is 18.2 Å². The number of hydrogen-bond donors (Lipinski definition) is 3. The molecule has 1 heterocycles. The summed E-state index contributed by atoms with van der Waals surface area (Å²) in [7, 11) is 0. The van der Waals surface area contributed by atoms with Crippen LogP contribution in [0.3, 0.4) is 0 Å². The zero-order valence-corrected chi connectivity index (χ0v) is 25.7. The molecule has 0 aromatic rings. The van der Waals surface area contributed by atoms with Gasteiger partial charge < -0.3 is 25.4 Å². The lowest BCUT2D eigenvalue weighted by Gasteiger charge is -2.33. The fourth-order valence-corrected chi connectivity index (χ4v) is 5.39. The standard InChI is InChI=1S/C33H53NO6/c1-10-11-12-23(5)32(40-33(34)38)27(9)31(37)25(7)18-20(2)17-24(6)26(8)21(3)13-15-28(35)19-29-22(4)14-16-30(36)39-29/h10-17,21-29,31-32,35,37H,1,18-19H2,2-9H3,(H2,34,38)/b12-11-,15-13-,20-17-/t21-,22+,23-,24-,25-,26-,27-,28+,29-,31+,32-/m0/s1. The normalized spacial score (nSPS) is 24.9. The average molecular weight is 560 g/mol. The molecule has 1 rings (SSSR count). The summed E-state index contributed by atoms with van der Waals surface area (Å²) in [4.78, 5) is 23.1. The molecule has 226 valence electrons. The van der Waals surface area contributed by atoms with Crippen LogP contribution in [-0.4, -0.2) is 46.7 Å². The fourth-order valence-electron chi connectivity index (χ4n) is 5.39. The average Bonchev–Trinajstić information content (AvgIpc) is 2.89. The molecule has 0 aromatic carbocycles. The Morgan fingerprint density at radius 1 is 1.07 bits per heavy atom. The Kier molecular flexibility index (Phi) is 15.2. The summed E-state index contributed by atoms with van der Waals surface area (Å²) in [5.74, 6) is 0.0305. The molecule has 0 saturated heterocycles. The molecule has 40 heavy (non-hydrogen) atoms. The summed E-state index contributed by atoms with van der Waals surface area (Å²) in [6.45, 7) is 20.0. The minimum Gasteiger partial charge on any atom is -0.458 e. The van der Waals surface area contributed by atoms with Gasteiger partial charge in [0.25, 0.3) is 0 Å². The van der Waals surface area contributed by atoms with Gasteiger partial charge >= 0.3 is 12.1 Å². The molecule has 0 fully saturated rings. The van der Waals surface area contributed by atoms with Crippen molar-refractivity contribution in [1.29, 1.82) is 0 Å². The van der Waals surface area contributed by atoms with E-state index in [2.05, 4.69) is 40.3 Å². The van der Waals surface area contributed by atoms with Crippen molar-refractivity contribution in [3.05, 3.63) is 60.8 Å². The number of carbonyl (C=O) groups is 2. The third kappa shape index (κ3) is 11.8. The van der Waals surface area contributed by atoms with Gasteiger partial charge in [-0.3, -0.25) is 0 Å². The van der Waals surface area contributed by atoms with Gasteiger partial charge in [-0.1, -0.05) is 103 Å². The van der Waals surface area contributed by atoms with E-state index in [1.807, 2.05) is 45.9 Å². The lowest BCUT2D eigenvalue weighted by atomic mass is 9.80. The number of cyclic esters (lactones) is 1. The molecule has 0 bridgehead atoms. The van der Waals surface area contributed by atoms with E-state index in [-0.39, 0.29) is 47.6 Å². The molecule has 0 aromatic heterocycles. The molecule has 7 heteroatoms. The number of aliphatic hydroxyl groups is 2. The van der Waals surface area contributed by atoms with E-state index >= 15 is 0 Å². The number of aliphatic hydroxyl groups excluding tert-OH is 2. The number of amides is 1. The second-order valence-corrected chi connectivity index (χ2v) is 11.9. The second kappa shape index (κ2) is 17.2. The van der Waals surface area contributed by atoms with Crippen LogP contribution < -0.4 is 5.73 Å². The third-order valence-electron chi connectivity index (χ3n) is 8.31. The SMILES string of the molecule is C=C/C=C\[C@H](C)[C@H](OC(N)=O)[C@@H](C)[C@H](O)[C@@H](C)C/C(C)=C\[C@H](C)[C@@H](C)[C@@H](C)/C=C\[C@@H](O)C[C@@H]1OC(=O)C=C[C@H]1C. The van der Waals surface area contributed by atoms with Crippen molar-refractivity contribution in [1.82, 2.24) is 0 Å². The summed E-state index contributed by atoms with van der Waals surface area (Å²) in [6.07, 6.45) is 12.7. The lowest BCUT2D eigenvalue weighted by Crippen LogP contribution is -2.41. The zero-order chi connectivity index (χ0) is 30.6. The van der Waals surface area contributed by atoms with Crippen LogP contribution in [-0.2, 0) is 14.3 Å². The first-order chi connectivity index (χ1) is 18.7. The molecule has 0 saturated carbocycles. The van der Waals surface area contributed by atoms with Crippen LogP contribution in [0.2, 0.25) is 0 Å². The van der Waals surface area contributed by atoms with Gasteiger partial charge in [0.15, 0.2) is 0 Å². The van der Waals surface area contributed by atoms with E-state index in [0.717, 1.165) is 0 Å². The molecule has 0 spiro atoms. The van der Waals surface area contributed by atoms with Crippen LogP contribution >= 0.6 is 0 Å². The first-order valence-electron chi connectivity index (χ1n) is 14.5. The molecule has 4 N–H and O–H groups in total. The van der Waals surface area contributed by atoms with E-state index < -0.39 is 24.4 Å². The van der Waals surface area contributed by atoms with E-state index in [9.17, 15) is 19.8 Å². The Hall–Kier alpha value is -2.64. The molecule has 0 aliphatic carbocycles. The van der Waals surface area contributed by atoms with Gasteiger partial charge in [0.2, 0.25) is 0 Å². The van der Waals surface area contributed by atoms with Gasteiger partial charge in [0, 0.05) is 30.3 Å². The second-order valence-electron chi connectivity index (χ2n) is 11.9. The summed E-state index contributed by atoms with van der Waals surface area (Å²) < 4.78 is 10.7. The topological polar surface area (TPSA) is 119 Å². The minimum absolute atomic E-state index is 0.0538. The van der Waals surface area contributed by atoms with Crippen LogP contribution in [0.15, 0.2) is 60.8 Å². The van der Waals surface area contributed by atoms with Crippen molar-refractivity contribution in [3.63, 3.8) is 0 Å². The Labute approximate surface area is 241 Å². The Balaban J connectivity index is 2.74. The van der Waals surface area contributed by atoms with Gasteiger partial charge in [-0.25, -0.2) is 9.59 Å². The van der Waals surface area contributed by atoms with Gasteiger partial charge in [-0.05, 0) is 37.0 Å². The third-order valence-corrected chi connectivity index (χ3v) is 8.31. The zero-order valence-electron chi connectivity index (χ0n) is 25.7. The van der Waals surface area contributed by atoms with E-state index in [0.29, 0.717) is 18.8 Å². The number of esters is 1. The number of hydrogen-bond acceptors (Lipinski definition) is 6. The van der Waals surface area contributed by atoms with Crippen LogP contribution in [0.5, 0.6) is 0 Å². The highest BCUT2D eigenvalue weighted by molar-refractivity contribution is 5.82. The smallest absolute Gasteiger partial charge is 0.404 e. The molecule has 1 aliphatic rings. The highest BCUT2D eigenvalue weighted by atomic mass is 16.6. The molecule has 0 unspecified atom stereocenters. The first kappa shape index (κ1) is 35.4. The predicted octanol–water partition coefficient (Wildman–Crippen LogP) is 6.13. The van der Waals surface area contributed by atoms with Crippen LogP contribution in [0.4, 0.5) is 4.79 Å². The van der Waals surface area contributed by atoms with Crippen molar-refractivity contribution < 1.29 is 29.3 Å². The number of primary amides is 1. The van der Waals surface area contributed by atoms with Crippen molar-refractivity contribution in [3.8, 4) is 0 Å². The van der Waals surface area contributed by atoms with Gasteiger partial charge in [-0.15, -0.1) is 0 Å². The largest absolute Gasteiger partial charge is 0.458 e. The first-order valence-corrected chi connectivity index (χ1v) is 14.5. The van der Waals surface area contributed by atoms with Crippen molar-refractivity contribution in [2.24, 2.45) is 47.2 Å². The maximum Gasteiger partial charge on any atom is 0.404 e. The predicted molar refractivity (Wildman–Crippen MR) is 161 cm³/mol. The highest BCUT2D eigenvalue weighted by Crippen LogP contribution is 2.30. The highest BCUT2D eigenvalue weighted by Gasteiger charge is 2.33. The molecule has 1 amide bonds. The van der Waals surface area contributed by atoms with Crippen molar-refractivity contribution in [2.75, 3.05) is 0 Å². The maximum atomic E-state index is 11.5. The van der Waals surface area contributed by atoms with Crippen LogP contribution in [0, 0.1) is 41.4 Å². The van der Waals surface area contributed by atoms with Gasteiger partial charge in [0.05, 0.1) is 12.2 Å². The van der Waals surface area contributed by atoms with E-state index in [1.165, 1.54) is 11.6 Å². The monoisotopic (exact) mass is 559 g/mol. The molecule has 0 radical (unpaired) electrons. The number of allylic oxidation sites excluding steroid dienone is 5. The Morgan fingerprint density at radius 3 is 2.33 bits per heavy atom. The van der Waals surface area contributed by atoms with Crippen molar-refractivity contribution >= 4 is 12.1 Å². The molecular weight excluding hydrogens is 506 g/mol. The van der Waals surface area contributed by atoms with Crippen LogP contribution in [0.1, 0.15) is 68.2 Å². The van der Waals surface area contributed by atoms with Gasteiger partial charge in [0.1, 0.15) is 12.2 Å². The molecule has 7 nitrogen and oxygen atoms in total. The summed E-state index contributed by atoms with van der Waals surface area (Å²) >= 11 is 0. The number of ether oxygens (including phenoxy) is 2. The summed E-state index contributed by atoms with van der Waals surface area (Å²) in [6, 6.07) is 0. The molecule has 1 aliphatic heterocycles. The Bertz CT molecular complexity index is 937. The van der Waals surface area contributed by atoms with E-state index in [4.69, 9.17) is 15.2 Å². The lowest BCUT2D eigenvalue weighted by molar-refractivity contribution is -0.147. The van der Waals surface area contributed by atoms with Crippen molar-refractivity contribution in [2.45, 2.75) is 92.6 Å². The van der Waals surface area contributed by atoms with Gasteiger partial charge in [-0.2, -0.15) is 0 Å². The number of carbonyl (C=O) groups excluding carboxylic acids is 2. The minimum atomic E-state index is -0.853. The maximum absolute atomic E-state index is 11.5. The summed E-state index contributed by atoms with van der Waals surface area (Å²) in [5.41, 5.74) is 6.50. The molecule has 11 atom stereocenters. The quantitative estimate of drug-likeness (QED) is 0.119. The molecular formula is C33H53NO6.